The van der Waals surface area contributed by atoms with Crippen molar-refractivity contribution in [2.75, 3.05) is 39.3 Å². The zero-order valence-electron chi connectivity index (χ0n) is 36.1. The van der Waals surface area contributed by atoms with Crippen LogP contribution in [0.4, 0.5) is 5.69 Å². The van der Waals surface area contributed by atoms with E-state index in [0.29, 0.717) is 28.7 Å². The predicted octanol–water partition coefficient (Wildman–Crippen LogP) is 7.21. The second-order valence-electron chi connectivity index (χ2n) is 15.4. The van der Waals surface area contributed by atoms with Gasteiger partial charge in [0.2, 0.25) is 5.79 Å². The van der Waals surface area contributed by atoms with Crippen LogP contribution in [0.25, 0.3) is 0 Å². The molecule has 1 saturated heterocycles. The minimum absolute atomic E-state index is 0.0633. The zero-order chi connectivity index (χ0) is 44.4. The molecular formula is C46H56N5O9PS. The van der Waals surface area contributed by atoms with Gasteiger partial charge in [-0.15, -0.1) is 0 Å². The summed E-state index contributed by atoms with van der Waals surface area (Å²) < 4.78 is 41.5. The number of hydrogen-bond acceptors (Lipinski definition) is 11. The summed E-state index contributed by atoms with van der Waals surface area (Å²) in [5.74, 6) is -0.758. The van der Waals surface area contributed by atoms with Crippen molar-refractivity contribution < 1.29 is 33.1 Å². The highest BCUT2D eigenvalue weighted by atomic mass is 32.1. The second kappa shape index (κ2) is 20.9. The molecule has 0 spiro atoms. The standard InChI is InChI=1S/C46H56N5O9PS/c1-31(2)51(32(3)4)61(58-27-26-47-43(62)48-37-16-12-9-13-17-37)60-45(54)28-41(50-29-33(5)42(52)49-44(50)53)59-40(45)30-57-46(34-14-10-8-11-15-34,35-18-22-38(55-6)23-19-35)36-20-24-39(56-7)25-21-36/h8-25,29,31-32,40-41,54H,26-28,30H2,1-7H3,(H2,47,48,62)(H,49,52,53)/t40-,41-,45-,61?/m1/s1. The van der Waals surface area contributed by atoms with E-state index >= 15 is 0 Å². The Labute approximate surface area is 369 Å². The van der Waals surface area contributed by atoms with Gasteiger partial charge in [0.25, 0.3) is 14.1 Å². The first-order valence-electron chi connectivity index (χ1n) is 20.5. The molecule has 0 amide bonds. The van der Waals surface area contributed by atoms with E-state index in [2.05, 4.69) is 20.3 Å². The number of aromatic nitrogens is 2. The number of nitrogens with one attached hydrogen (secondary N) is 3. The topological polar surface area (TPSA) is 158 Å². The fraction of sp³-hybridized carbons (Fsp3) is 0.370. The Kier molecular flexibility index (Phi) is 15.7. The summed E-state index contributed by atoms with van der Waals surface area (Å²) in [5, 5.41) is 19.7. The van der Waals surface area contributed by atoms with Crippen LogP contribution in [0.5, 0.6) is 11.5 Å². The van der Waals surface area contributed by atoms with Gasteiger partial charge in [-0.25, -0.2) is 9.46 Å². The molecule has 1 aliphatic heterocycles. The molecule has 16 heteroatoms. The second-order valence-corrected chi connectivity index (χ2v) is 17.2. The first-order valence-corrected chi connectivity index (χ1v) is 22.0. The first kappa shape index (κ1) is 46.5. The minimum atomic E-state index is -2.08. The van der Waals surface area contributed by atoms with Crippen LogP contribution in [0.1, 0.15) is 62.6 Å². The molecule has 0 bridgehead atoms. The number of hydrogen-bond donors (Lipinski definition) is 4. The molecule has 4 N–H and O–H groups in total. The van der Waals surface area contributed by atoms with E-state index in [-0.39, 0.29) is 31.7 Å². The number of H-pyrrole nitrogens is 1. The Balaban J connectivity index is 1.38. The number of aliphatic hydroxyl groups is 1. The molecule has 0 radical (unpaired) electrons. The molecule has 0 aliphatic carbocycles. The van der Waals surface area contributed by atoms with Gasteiger partial charge in [0.15, 0.2) is 5.11 Å². The highest BCUT2D eigenvalue weighted by Gasteiger charge is 2.54. The van der Waals surface area contributed by atoms with Gasteiger partial charge in [0, 0.05) is 36.1 Å². The van der Waals surface area contributed by atoms with Crippen molar-refractivity contribution in [3.63, 3.8) is 0 Å². The van der Waals surface area contributed by atoms with Crippen molar-refractivity contribution in [3.8, 4) is 11.5 Å². The van der Waals surface area contributed by atoms with Crippen LogP contribution < -0.4 is 31.4 Å². The number of ether oxygens (including phenoxy) is 4. The monoisotopic (exact) mass is 885 g/mol. The highest BCUT2D eigenvalue weighted by molar-refractivity contribution is 7.80. The van der Waals surface area contributed by atoms with Crippen molar-refractivity contribution in [3.05, 3.63) is 158 Å². The lowest BCUT2D eigenvalue weighted by Crippen LogP contribution is -2.47. The maximum absolute atomic E-state index is 13.3. The third-order valence-corrected chi connectivity index (χ3v) is 12.9. The number of anilines is 1. The lowest BCUT2D eigenvalue weighted by molar-refractivity contribution is -0.201. The molecule has 1 aliphatic rings. The van der Waals surface area contributed by atoms with Crippen LogP contribution >= 0.6 is 20.7 Å². The van der Waals surface area contributed by atoms with Gasteiger partial charge in [0.1, 0.15) is 29.4 Å². The average Bonchev–Trinajstić information content (AvgIpc) is 3.59. The summed E-state index contributed by atoms with van der Waals surface area (Å²) in [4.78, 5) is 28.1. The summed E-state index contributed by atoms with van der Waals surface area (Å²) in [5.41, 5.74) is 0.994. The maximum Gasteiger partial charge on any atom is 0.330 e. The Hall–Kier alpha value is -4.96. The Morgan fingerprint density at radius 3 is 2.00 bits per heavy atom. The van der Waals surface area contributed by atoms with Crippen LogP contribution in [0.2, 0.25) is 0 Å². The third-order valence-electron chi connectivity index (χ3n) is 10.5. The van der Waals surface area contributed by atoms with Crippen LogP contribution in [-0.4, -0.2) is 82.4 Å². The largest absolute Gasteiger partial charge is 0.497 e. The quantitative estimate of drug-likeness (QED) is 0.0217. The van der Waals surface area contributed by atoms with E-state index in [0.717, 1.165) is 22.4 Å². The van der Waals surface area contributed by atoms with Gasteiger partial charge < -0.3 is 39.2 Å². The molecule has 330 valence electrons. The predicted molar refractivity (Wildman–Crippen MR) is 245 cm³/mol. The van der Waals surface area contributed by atoms with Crippen molar-refractivity contribution in [1.29, 1.82) is 0 Å². The molecule has 5 aromatic rings. The zero-order valence-corrected chi connectivity index (χ0v) is 37.8. The summed E-state index contributed by atoms with van der Waals surface area (Å²) in [6.07, 6.45) is -1.03. The summed E-state index contributed by atoms with van der Waals surface area (Å²) in [7, 11) is 1.23. The normalized spacial score (nSPS) is 18.2. The number of benzene rings is 4. The Morgan fingerprint density at radius 2 is 1.45 bits per heavy atom. The van der Waals surface area contributed by atoms with E-state index < -0.39 is 43.5 Å². The van der Waals surface area contributed by atoms with Crippen molar-refractivity contribution >= 4 is 31.5 Å². The summed E-state index contributed by atoms with van der Waals surface area (Å²) in [6, 6.07) is 34.4. The Bertz CT molecular complexity index is 2280. The highest BCUT2D eigenvalue weighted by Crippen LogP contribution is 2.53. The third kappa shape index (κ3) is 10.8. The Morgan fingerprint density at radius 1 is 0.903 bits per heavy atom. The number of thiocarbonyl (C=S) groups is 1. The summed E-state index contributed by atoms with van der Waals surface area (Å²) >= 11 is 5.53. The van der Waals surface area contributed by atoms with Crippen LogP contribution in [0.15, 0.2) is 125 Å². The van der Waals surface area contributed by atoms with Crippen molar-refractivity contribution in [2.24, 2.45) is 0 Å². The number of rotatable bonds is 19. The number of aromatic amines is 1. The fourth-order valence-electron chi connectivity index (χ4n) is 7.46. The van der Waals surface area contributed by atoms with Crippen molar-refractivity contribution in [2.45, 2.75) is 76.8 Å². The number of nitrogens with zero attached hydrogens (tertiary/aromatic N) is 2. The lowest BCUT2D eigenvalue weighted by atomic mass is 9.80. The van der Waals surface area contributed by atoms with E-state index in [1.54, 1.807) is 21.1 Å². The molecule has 62 heavy (non-hydrogen) atoms. The SMILES string of the molecule is COc1ccc(C(OC[C@H]2O[C@@H](n3cc(C)c(=O)[nH]c3=O)C[C@@]2(O)OP(OCCNC(=S)Nc2ccccc2)N(C(C)C)C(C)C)(c2ccccc2)c2ccc(OC)cc2)cc1. The molecule has 6 rings (SSSR count). The maximum atomic E-state index is 13.3. The number of aryl methyl sites for hydroxylation is 1. The molecule has 2 heterocycles. The molecule has 1 unspecified atom stereocenters. The van der Waals surface area contributed by atoms with Crippen LogP contribution in [0, 0.1) is 6.92 Å². The van der Waals surface area contributed by atoms with Crippen LogP contribution in [0.3, 0.4) is 0 Å². The van der Waals surface area contributed by atoms with E-state index in [1.807, 2.05) is 137 Å². The molecule has 1 fully saturated rings. The number of para-hydroxylation sites is 1. The van der Waals surface area contributed by atoms with E-state index in [9.17, 15) is 14.7 Å². The minimum Gasteiger partial charge on any atom is -0.497 e. The van der Waals surface area contributed by atoms with Crippen LogP contribution in [-0.2, 0) is 24.1 Å². The molecule has 14 nitrogen and oxygen atoms in total. The van der Waals surface area contributed by atoms with Crippen molar-refractivity contribution in [1.82, 2.24) is 19.5 Å². The van der Waals surface area contributed by atoms with E-state index in [1.165, 1.54) is 10.8 Å². The molecule has 1 aromatic heterocycles. The smallest absolute Gasteiger partial charge is 0.330 e. The van der Waals surface area contributed by atoms with Gasteiger partial charge in [0.05, 0.1) is 33.9 Å². The molecule has 4 atom stereocenters. The lowest BCUT2D eigenvalue weighted by Gasteiger charge is -2.41. The number of methoxy groups -OCH3 is 2. The van der Waals surface area contributed by atoms with E-state index in [4.69, 9.17) is 40.2 Å². The molecule has 0 saturated carbocycles. The van der Waals surface area contributed by atoms with Gasteiger partial charge >= 0.3 is 5.69 Å². The van der Waals surface area contributed by atoms with Gasteiger partial charge in [-0.1, -0.05) is 72.8 Å². The summed E-state index contributed by atoms with van der Waals surface area (Å²) in [6.45, 7) is 9.98. The van der Waals surface area contributed by atoms with Gasteiger partial charge in [-0.05, 0) is 99.9 Å². The van der Waals surface area contributed by atoms with Gasteiger partial charge in [-0.2, -0.15) is 0 Å². The first-order chi connectivity index (χ1) is 29.8. The average molecular weight is 886 g/mol. The molecular weight excluding hydrogens is 830 g/mol. The van der Waals surface area contributed by atoms with Gasteiger partial charge in [-0.3, -0.25) is 18.9 Å². The molecule has 4 aromatic carbocycles. The fourth-order valence-corrected chi connectivity index (χ4v) is 9.43.